The van der Waals surface area contributed by atoms with Crippen molar-refractivity contribution >= 4 is 17.5 Å². The number of aromatic nitrogens is 2. The Morgan fingerprint density at radius 2 is 2.36 bits per heavy atom. The van der Waals surface area contributed by atoms with Crippen LogP contribution in [0.2, 0.25) is 0 Å². The molecule has 0 N–H and O–H groups in total. The fraction of sp³-hybridized carbons (Fsp3) is 0.150. The fourth-order valence-electron chi connectivity index (χ4n) is 1.78. The predicted molar refractivity (Wildman–Crippen MR) is 104 cm³/mol. The van der Waals surface area contributed by atoms with E-state index in [2.05, 4.69) is 15.1 Å². The third-order valence-corrected chi connectivity index (χ3v) is 3.35. The molecule has 1 heterocycles. The Morgan fingerprint density at radius 3 is 3.18 bits per heavy atom. The van der Waals surface area contributed by atoms with Gasteiger partial charge in [0.1, 0.15) is 6.56 Å². The van der Waals surface area contributed by atoms with E-state index in [0.717, 1.165) is 12.1 Å². The molecular formula is C20H16FN3O3S. The number of rotatable bonds is 8. The van der Waals surface area contributed by atoms with Crippen LogP contribution in [0.4, 0.5) is 4.39 Å². The van der Waals surface area contributed by atoms with Crippen LogP contribution < -0.4 is 4.74 Å². The summed E-state index contributed by atoms with van der Waals surface area (Å²) in [6.07, 6.45) is -3.82. The molecule has 1 unspecified atom stereocenters. The van der Waals surface area contributed by atoms with Crippen LogP contribution in [0.25, 0.3) is 0 Å². The molecule has 0 aliphatic heterocycles. The third kappa shape index (κ3) is 4.58. The molecule has 2 aromatic carbocycles. The Morgan fingerprint density at radius 1 is 1.46 bits per heavy atom. The van der Waals surface area contributed by atoms with Gasteiger partial charge in [0.15, 0.2) is 28.5 Å². The van der Waals surface area contributed by atoms with Gasteiger partial charge in [-0.25, -0.2) is 14.4 Å². The summed E-state index contributed by atoms with van der Waals surface area (Å²) in [5.74, 6) is -5.23. The highest BCUT2D eigenvalue weighted by molar-refractivity contribution is 7.98. The maximum absolute atomic E-state index is 15.1. The molecule has 0 aliphatic carbocycles. The summed E-state index contributed by atoms with van der Waals surface area (Å²) in [5, 5.41) is 1.59. The van der Waals surface area contributed by atoms with Crippen LogP contribution in [-0.2, 0) is 6.56 Å². The SMILES string of the molecule is [2H]c1ccc(C([2H])([2H])Oc2c([2H])c(C(=O)C([2H])(N=O)c3nc(SC([2H])([2H])[2H])nc([2H])c3[2H])c([2H])c([2H])c2F)c([2H])c1[2H]. The van der Waals surface area contributed by atoms with Gasteiger partial charge in [0.05, 0.1) is 20.8 Å². The van der Waals surface area contributed by atoms with Crippen molar-refractivity contribution in [2.45, 2.75) is 17.7 Å². The zero-order valence-corrected chi connectivity index (χ0v) is 14.3. The smallest absolute Gasteiger partial charge is 0.197 e. The summed E-state index contributed by atoms with van der Waals surface area (Å²) in [6, 6.07) is -9.18. The number of benzene rings is 2. The van der Waals surface area contributed by atoms with E-state index in [1.807, 2.05) is 0 Å². The normalized spacial score (nSPS) is 20.9. The van der Waals surface area contributed by atoms with E-state index in [1.54, 1.807) is 0 Å². The minimum absolute atomic E-state index is 0.0274. The zero-order chi connectivity index (χ0) is 32.1. The van der Waals surface area contributed by atoms with Crippen molar-refractivity contribution in [3.63, 3.8) is 0 Å². The van der Waals surface area contributed by atoms with Gasteiger partial charge in [-0.2, -0.15) is 0 Å². The van der Waals surface area contributed by atoms with Gasteiger partial charge in [0.2, 0.25) is 0 Å². The van der Waals surface area contributed by atoms with E-state index in [9.17, 15) is 9.70 Å². The van der Waals surface area contributed by atoms with Crippen molar-refractivity contribution in [2.24, 2.45) is 5.18 Å². The molecule has 0 aliphatic rings. The molecule has 3 rings (SSSR count). The van der Waals surface area contributed by atoms with Gasteiger partial charge >= 0.3 is 0 Å². The lowest BCUT2D eigenvalue weighted by atomic mass is 10.0. The number of carbonyl (C=O) groups excluding carboxylic acids is 1. The monoisotopic (exact) mass is 411 g/mol. The summed E-state index contributed by atoms with van der Waals surface area (Å²) in [6.45, 7) is -3.23. The highest BCUT2D eigenvalue weighted by Gasteiger charge is 2.26. The molecule has 0 fully saturated rings. The molecule has 8 heteroatoms. The minimum atomic E-state index is -3.61. The Balaban J connectivity index is 2.24. The first kappa shape index (κ1) is 8.48. The molecule has 1 aromatic heterocycles. The molecule has 28 heavy (non-hydrogen) atoms. The first-order valence-electron chi connectivity index (χ1n) is 14.2. The van der Waals surface area contributed by atoms with E-state index >= 15 is 4.39 Å². The number of hydrogen-bond donors (Lipinski definition) is 0. The van der Waals surface area contributed by atoms with E-state index in [4.69, 9.17) is 23.9 Å². The number of nitroso groups, excluding NO2 is 1. The van der Waals surface area contributed by atoms with Crippen LogP contribution in [0.3, 0.4) is 0 Å². The number of Topliss-reactive ketones (excluding diaryl/α,β-unsaturated/α-hetero) is 1. The number of ketones is 1. The lowest BCUT2D eigenvalue weighted by Crippen LogP contribution is -2.13. The molecule has 0 amide bonds. The molecule has 1 atom stereocenters. The second-order valence-electron chi connectivity index (χ2n) is 4.70. The van der Waals surface area contributed by atoms with Gasteiger partial charge in [-0.15, -0.1) is 4.91 Å². The van der Waals surface area contributed by atoms with Crippen LogP contribution in [0.1, 0.15) is 46.8 Å². The van der Waals surface area contributed by atoms with Crippen molar-refractivity contribution in [1.29, 1.82) is 0 Å². The Bertz CT molecular complexity index is 1620. The molecule has 0 saturated heterocycles. The number of hydrogen-bond acceptors (Lipinski definition) is 7. The van der Waals surface area contributed by atoms with Crippen LogP contribution in [-0.4, -0.2) is 21.9 Å². The van der Waals surface area contributed by atoms with Crippen molar-refractivity contribution in [3.05, 3.63) is 88.1 Å². The second-order valence-corrected chi connectivity index (χ2v) is 5.27. The molecule has 0 bridgehead atoms. The first-order valence-corrected chi connectivity index (χ1v) is 7.99. The fourth-order valence-corrected chi connectivity index (χ4v) is 2.01. The Kier molecular flexibility index (Phi) is 2.78. The van der Waals surface area contributed by atoms with Gasteiger partial charge in [-0.3, -0.25) is 4.79 Å². The summed E-state index contributed by atoms with van der Waals surface area (Å²) < 4.78 is 130. The highest BCUT2D eigenvalue weighted by Crippen LogP contribution is 2.26. The predicted octanol–water partition coefficient (Wildman–Crippen LogP) is 4.61. The summed E-state index contributed by atoms with van der Waals surface area (Å²) in [7, 11) is 0. The third-order valence-electron chi connectivity index (χ3n) is 2.98. The molecule has 6 nitrogen and oxygen atoms in total. The summed E-state index contributed by atoms with van der Waals surface area (Å²) in [5.41, 5.74) is -3.30. The van der Waals surface area contributed by atoms with Gasteiger partial charge in [-0.05, 0) is 35.9 Å². The maximum atomic E-state index is 15.1. The Labute approximate surface area is 184 Å². The standard InChI is InChI=1S/C20H16FN3O3S/c1-28-20-22-10-9-16(23-20)18(24-26)19(25)14-7-8-15(21)17(11-14)27-12-13-5-3-2-4-6-13/h2-11,18H,12H2,1H3/i1D3,2D,3D,5D,7D,8D,9D,10D,11D,12D2,18D. The molecular weight excluding hydrogens is 381 g/mol. The average molecular weight is 412 g/mol. The van der Waals surface area contributed by atoms with Crippen molar-refractivity contribution in [1.82, 2.24) is 9.97 Å². The van der Waals surface area contributed by atoms with Crippen LogP contribution in [0, 0.1) is 10.7 Å². The number of thioether (sulfide) groups is 1. The van der Waals surface area contributed by atoms with Gasteiger partial charge in [0.25, 0.3) is 0 Å². The first-order chi connectivity index (χ1) is 19.2. The zero-order valence-electron chi connectivity index (χ0n) is 27.5. The molecule has 0 spiro atoms. The van der Waals surface area contributed by atoms with E-state index in [0.29, 0.717) is 0 Å². The van der Waals surface area contributed by atoms with Crippen molar-refractivity contribution in [2.75, 3.05) is 6.18 Å². The summed E-state index contributed by atoms with van der Waals surface area (Å²) >= 11 is -0.0274. The maximum Gasteiger partial charge on any atom is 0.197 e. The van der Waals surface area contributed by atoms with Crippen LogP contribution in [0.15, 0.2) is 70.9 Å². The lowest BCUT2D eigenvalue weighted by molar-refractivity contribution is 0.0959. The minimum Gasteiger partial charge on any atom is -0.486 e. The number of carbonyl (C=O) groups is 1. The second kappa shape index (κ2) is 9.18. The highest BCUT2D eigenvalue weighted by atomic mass is 32.2. The average Bonchev–Trinajstić information content (AvgIpc) is 2.89. The molecule has 3 aromatic rings. The Hall–Kier alpha value is -3.13. The quantitative estimate of drug-likeness (QED) is 0.233. The van der Waals surface area contributed by atoms with Gasteiger partial charge < -0.3 is 4.74 Å². The topological polar surface area (TPSA) is 81.5 Å². The van der Waals surface area contributed by atoms with Crippen LogP contribution >= 0.6 is 11.8 Å². The van der Waals surface area contributed by atoms with E-state index in [1.165, 1.54) is 0 Å². The molecule has 0 radical (unpaired) electrons. The van der Waals surface area contributed by atoms with Gasteiger partial charge in [-0.1, -0.05) is 47.2 Å². The lowest BCUT2D eigenvalue weighted by Gasteiger charge is -2.11. The number of ether oxygens (including phenoxy) is 1. The molecule has 142 valence electrons. The van der Waals surface area contributed by atoms with Crippen molar-refractivity contribution < 1.29 is 33.1 Å². The summed E-state index contributed by atoms with van der Waals surface area (Å²) in [4.78, 5) is 32.4. The number of halogens is 1. The van der Waals surface area contributed by atoms with E-state index in [-0.39, 0.29) is 11.8 Å². The molecule has 0 saturated carbocycles. The van der Waals surface area contributed by atoms with Crippen LogP contribution in [0.5, 0.6) is 5.75 Å². The largest absolute Gasteiger partial charge is 0.486 e. The van der Waals surface area contributed by atoms with E-state index < -0.39 is 107 Å². The van der Waals surface area contributed by atoms with Crippen molar-refractivity contribution in [3.8, 4) is 5.75 Å². The number of nitrogens with zero attached hydrogens (tertiary/aromatic N) is 3. The van der Waals surface area contributed by atoms with Gasteiger partial charge in [0, 0.05) is 15.8 Å².